The van der Waals surface area contributed by atoms with Crippen LogP contribution in [0.5, 0.6) is 17.2 Å². The molecule has 1 saturated carbocycles. The highest BCUT2D eigenvalue weighted by atomic mass is 35.5. The van der Waals surface area contributed by atoms with Crippen molar-refractivity contribution in [2.75, 3.05) is 26.7 Å². The molecule has 2 saturated heterocycles. The lowest BCUT2D eigenvalue weighted by Crippen LogP contribution is -2.53. The molecule has 2 heterocycles. The average Bonchev–Trinajstić information content (AvgIpc) is 3.42. The van der Waals surface area contributed by atoms with E-state index in [1.165, 1.54) is 45.5 Å². The van der Waals surface area contributed by atoms with Crippen LogP contribution in [0.1, 0.15) is 29.9 Å². The number of benzene rings is 3. The Kier molecular flexibility index (Phi) is 7.27. The Morgan fingerprint density at radius 2 is 1.55 bits per heavy atom. The molecule has 3 aromatic rings. The molecule has 0 spiro atoms. The minimum Gasteiger partial charge on any atom is -0.502 e. The third-order valence-electron chi connectivity index (χ3n) is 10.3. The van der Waals surface area contributed by atoms with Gasteiger partial charge in [-0.2, -0.15) is 5.01 Å². The number of amides is 4. The Bertz CT molecular complexity index is 1840. The maximum atomic E-state index is 15.1. The van der Waals surface area contributed by atoms with Crippen molar-refractivity contribution >= 4 is 40.9 Å². The van der Waals surface area contributed by atoms with Gasteiger partial charge in [-0.15, -0.1) is 0 Å². The van der Waals surface area contributed by atoms with Crippen LogP contribution >= 0.6 is 11.6 Å². The highest BCUT2D eigenvalue weighted by molar-refractivity contribution is 6.30. The van der Waals surface area contributed by atoms with Crippen molar-refractivity contribution in [2.24, 2.45) is 23.7 Å². The zero-order valence-corrected chi connectivity index (χ0v) is 26.5. The van der Waals surface area contributed by atoms with Gasteiger partial charge in [0.25, 0.3) is 11.8 Å². The molecule has 4 amide bonds. The van der Waals surface area contributed by atoms with Gasteiger partial charge in [-0.1, -0.05) is 35.4 Å². The Balaban J connectivity index is 1.50. The molecule has 0 aromatic heterocycles. The van der Waals surface area contributed by atoms with Gasteiger partial charge in [0.15, 0.2) is 11.5 Å². The molecule has 3 fully saturated rings. The lowest BCUT2D eigenvalue weighted by molar-refractivity contribution is -0.140. The number of allylic oxidation sites excluding steroid dienone is 2. The minimum atomic E-state index is -1.57. The lowest BCUT2D eigenvalue weighted by Gasteiger charge is -2.50. The normalized spacial score (nSPS) is 28.1. The highest BCUT2D eigenvalue weighted by Crippen LogP contribution is 2.64. The van der Waals surface area contributed by atoms with Crippen LogP contribution in [0.2, 0.25) is 5.02 Å². The molecule has 12 heteroatoms. The molecule has 6 atom stereocenters. The van der Waals surface area contributed by atoms with E-state index in [-0.39, 0.29) is 41.9 Å². The quantitative estimate of drug-likeness (QED) is 0.285. The summed E-state index contributed by atoms with van der Waals surface area (Å²) in [5, 5.41) is 12.2. The number of nitrogens with one attached hydrogen (secondary N) is 1. The number of hydrazine groups is 1. The first-order valence-electron chi connectivity index (χ1n) is 15.2. The van der Waals surface area contributed by atoms with Crippen LogP contribution in [0.4, 0.5) is 10.1 Å². The number of phenols is 1. The lowest BCUT2D eigenvalue weighted by atomic mass is 9.49. The Hall–Kier alpha value is -4.90. The molecule has 47 heavy (non-hydrogen) atoms. The predicted molar refractivity (Wildman–Crippen MR) is 168 cm³/mol. The monoisotopic (exact) mass is 659 g/mol. The van der Waals surface area contributed by atoms with E-state index in [2.05, 4.69) is 5.43 Å². The fraction of sp³-hybridized carbons (Fsp3) is 0.314. The summed E-state index contributed by atoms with van der Waals surface area (Å²) in [4.78, 5) is 57.7. The molecule has 10 nitrogen and oxygen atoms in total. The van der Waals surface area contributed by atoms with E-state index < -0.39 is 52.6 Å². The first-order valence-corrected chi connectivity index (χ1v) is 15.5. The predicted octanol–water partition coefficient (Wildman–Crippen LogP) is 4.82. The molecule has 2 N–H and O–H groups in total. The van der Waals surface area contributed by atoms with Crippen LogP contribution in [-0.4, -0.2) is 59.9 Å². The van der Waals surface area contributed by atoms with E-state index in [0.29, 0.717) is 21.8 Å². The summed E-state index contributed by atoms with van der Waals surface area (Å²) in [6.07, 6.45) is 2.31. The van der Waals surface area contributed by atoms with Crippen molar-refractivity contribution in [3.8, 4) is 17.2 Å². The van der Waals surface area contributed by atoms with Crippen LogP contribution in [0.15, 0.2) is 72.3 Å². The number of nitrogens with zero attached hydrogens (tertiary/aromatic N) is 2. The number of phenolic OH excluding ortho intramolecular Hbond substituents is 1. The van der Waals surface area contributed by atoms with Crippen LogP contribution in [0.25, 0.3) is 0 Å². The van der Waals surface area contributed by atoms with E-state index in [1.807, 2.05) is 6.08 Å². The van der Waals surface area contributed by atoms with E-state index in [1.54, 1.807) is 36.4 Å². The summed E-state index contributed by atoms with van der Waals surface area (Å²) in [6.45, 7) is 0. The van der Waals surface area contributed by atoms with Crippen LogP contribution in [-0.2, 0) is 24.6 Å². The minimum absolute atomic E-state index is 0.0866. The number of hydrogen-bond donors (Lipinski definition) is 2. The van der Waals surface area contributed by atoms with Crippen LogP contribution in [0.3, 0.4) is 0 Å². The second-order valence-electron chi connectivity index (χ2n) is 12.4. The first kappa shape index (κ1) is 30.7. The standard InChI is InChI=1S/C35H31ClFN3O7/c1-39-31(42)23-13-12-22-24(28(23)33(39)44)16-25-32(43)40(38-21-10-8-20(37)9-11-21)34(45)35(25,18-4-6-19(36)7-5-18)29(22)17-14-26(46-2)30(41)27(15-17)47-3/h4-12,14-15,23-25,28-29,38,41H,13,16H2,1-3H3/t23-,24+,25-,28-,29-,35+/m0/s1. The van der Waals surface area contributed by atoms with Gasteiger partial charge in [0, 0.05) is 18.0 Å². The third-order valence-corrected chi connectivity index (χ3v) is 10.6. The fourth-order valence-corrected chi connectivity index (χ4v) is 8.39. The van der Waals surface area contributed by atoms with Gasteiger partial charge in [0.2, 0.25) is 17.6 Å². The number of rotatable bonds is 6. The van der Waals surface area contributed by atoms with Crippen LogP contribution < -0.4 is 14.9 Å². The molecule has 0 unspecified atom stereocenters. The van der Waals surface area contributed by atoms with Gasteiger partial charge >= 0.3 is 0 Å². The number of ether oxygens (including phenoxy) is 2. The molecule has 2 aliphatic heterocycles. The van der Waals surface area contributed by atoms with Gasteiger partial charge in [-0.3, -0.25) is 29.5 Å². The summed E-state index contributed by atoms with van der Waals surface area (Å²) in [5.41, 5.74) is 3.39. The maximum absolute atomic E-state index is 15.1. The number of fused-ring (bicyclic) bond motifs is 4. The molecule has 0 radical (unpaired) electrons. The summed E-state index contributed by atoms with van der Waals surface area (Å²) in [6, 6.07) is 15.2. The number of likely N-dealkylation sites (tertiary alicyclic amines) is 1. The van der Waals surface area contributed by atoms with Crippen molar-refractivity contribution in [2.45, 2.75) is 24.2 Å². The smallest absolute Gasteiger partial charge is 0.260 e. The summed E-state index contributed by atoms with van der Waals surface area (Å²) < 4.78 is 24.8. The molecule has 242 valence electrons. The Labute approximate surface area is 274 Å². The van der Waals surface area contributed by atoms with Gasteiger partial charge in [-0.25, -0.2) is 4.39 Å². The molecule has 7 rings (SSSR count). The number of imide groups is 2. The van der Waals surface area contributed by atoms with Crippen molar-refractivity contribution in [3.63, 3.8) is 0 Å². The Morgan fingerprint density at radius 3 is 2.17 bits per heavy atom. The zero-order chi connectivity index (χ0) is 33.4. The Morgan fingerprint density at radius 1 is 0.915 bits per heavy atom. The number of halogens is 2. The molecule has 3 aromatic carbocycles. The number of methoxy groups -OCH3 is 2. The third kappa shape index (κ3) is 4.36. The van der Waals surface area contributed by atoms with Crippen molar-refractivity contribution in [1.82, 2.24) is 9.91 Å². The maximum Gasteiger partial charge on any atom is 0.260 e. The van der Waals surface area contributed by atoms with E-state index in [0.717, 1.165) is 15.5 Å². The molecular formula is C35H31ClFN3O7. The SMILES string of the molecule is COc1cc([C@H]2C3=CC[C@@H]4C(=O)N(C)C(=O)[C@@H]4[C@@H]3C[C@H]3C(=O)N(Nc4ccc(F)cc4)C(=O)[C@@]23c2ccc(Cl)cc2)cc(OC)c1O. The van der Waals surface area contributed by atoms with E-state index in [4.69, 9.17) is 21.1 Å². The highest BCUT2D eigenvalue weighted by Gasteiger charge is 2.70. The number of hydrogen-bond acceptors (Lipinski definition) is 8. The van der Waals surface area contributed by atoms with Crippen molar-refractivity contribution in [3.05, 3.63) is 94.3 Å². The fourth-order valence-electron chi connectivity index (χ4n) is 8.27. The second kappa shape index (κ2) is 11.1. The summed E-state index contributed by atoms with van der Waals surface area (Å²) >= 11 is 6.32. The summed E-state index contributed by atoms with van der Waals surface area (Å²) in [5.74, 6) is -6.01. The van der Waals surface area contributed by atoms with Gasteiger partial charge in [0.1, 0.15) is 5.82 Å². The zero-order valence-electron chi connectivity index (χ0n) is 25.7. The van der Waals surface area contributed by atoms with Gasteiger partial charge < -0.3 is 14.6 Å². The second-order valence-corrected chi connectivity index (χ2v) is 12.8. The molecular weight excluding hydrogens is 629 g/mol. The van der Waals surface area contributed by atoms with Crippen molar-refractivity contribution < 1.29 is 38.1 Å². The number of carbonyl (C=O) groups is 4. The molecule has 4 aliphatic rings. The number of anilines is 1. The van der Waals surface area contributed by atoms with E-state index in [9.17, 15) is 23.9 Å². The average molecular weight is 660 g/mol. The van der Waals surface area contributed by atoms with Crippen LogP contribution in [0, 0.1) is 29.5 Å². The van der Waals surface area contributed by atoms with Crippen molar-refractivity contribution in [1.29, 1.82) is 0 Å². The summed E-state index contributed by atoms with van der Waals surface area (Å²) in [7, 11) is 4.25. The van der Waals surface area contributed by atoms with Gasteiger partial charge in [-0.05, 0) is 78.4 Å². The van der Waals surface area contributed by atoms with Gasteiger partial charge in [0.05, 0.1) is 43.1 Å². The molecule has 0 bridgehead atoms. The number of carbonyl (C=O) groups excluding carboxylic acids is 4. The van der Waals surface area contributed by atoms with E-state index >= 15 is 4.79 Å². The first-order chi connectivity index (χ1) is 22.5. The largest absolute Gasteiger partial charge is 0.502 e. The topological polar surface area (TPSA) is 125 Å². The molecule has 2 aliphatic carbocycles. The number of aromatic hydroxyl groups is 1.